The van der Waals surface area contributed by atoms with Crippen LogP contribution in [-0.2, 0) is 6.54 Å². The van der Waals surface area contributed by atoms with Crippen LogP contribution in [0.15, 0.2) is 34.7 Å². The van der Waals surface area contributed by atoms with Crippen LogP contribution in [0.25, 0.3) is 0 Å². The number of hydrogen-bond acceptors (Lipinski definition) is 5. The topological polar surface area (TPSA) is 55.1 Å². The van der Waals surface area contributed by atoms with Gasteiger partial charge in [0.15, 0.2) is 11.5 Å². The molecule has 0 unspecified atom stereocenters. The summed E-state index contributed by atoms with van der Waals surface area (Å²) >= 11 is 0. The molecule has 2 aromatic rings. The highest BCUT2D eigenvalue weighted by Crippen LogP contribution is 2.35. The molecule has 1 aliphatic heterocycles. The largest absolute Gasteiger partial charge is 0.465 e. The minimum absolute atomic E-state index is 0.251. The molecule has 0 saturated heterocycles. The maximum Gasteiger partial charge on any atom is 0.231 e. The lowest BCUT2D eigenvalue weighted by atomic mass is 10.1. The molecule has 122 valence electrons. The van der Waals surface area contributed by atoms with Gasteiger partial charge >= 0.3 is 0 Å². The van der Waals surface area contributed by atoms with E-state index in [1.165, 1.54) is 12.8 Å². The number of hydrogen-bond donors (Lipinski definition) is 1. The molecule has 0 spiro atoms. The van der Waals surface area contributed by atoms with Crippen molar-refractivity contribution in [1.29, 1.82) is 0 Å². The van der Waals surface area contributed by atoms with Gasteiger partial charge in [-0.15, -0.1) is 0 Å². The zero-order valence-corrected chi connectivity index (χ0v) is 13.2. The average molecular weight is 315 g/mol. The average Bonchev–Trinajstić information content (AvgIpc) is 3.15. The van der Waals surface area contributed by atoms with Crippen LogP contribution in [0.2, 0.25) is 0 Å². The Balaban J connectivity index is 1.45. The Labute approximate surface area is 135 Å². The lowest BCUT2D eigenvalue weighted by molar-refractivity contribution is 0.0996. The van der Waals surface area contributed by atoms with Gasteiger partial charge in [-0.05, 0) is 49.6 Å². The Hall–Kier alpha value is -1.98. The number of benzene rings is 1. The Morgan fingerprint density at radius 3 is 2.74 bits per heavy atom. The first-order chi connectivity index (χ1) is 11.2. The van der Waals surface area contributed by atoms with Gasteiger partial charge in [0.2, 0.25) is 6.79 Å². The number of ether oxygens (including phenoxy) is 2. The predicted octanol–water partition coefficient (Wildman–Crippen LogP) is 3.01. The first-order valence-corrected chi connectivity index (χ1v) is 8.06. The molecular formula is C18H21NO4. The molecule has 1 aromatic carbocycles. The van der Waals surface area contributed by atoms with E-state index in [0.717, 1.165) is 29.4 Å². The maximum atomic E-state index is 10.6. The number of furan rings is 1. The summed E-state index contributed by atoms with van der Waals surface area (Å²) in [6.07, 6.45) is 1.82. The van der Waals surface area contributed by atoms with Crippen LogP contribution in [-0.4, -0.2) is 29.4 Å². The summed E-state index contributed by atoms with van der Waals surface area (Å²) in [4.78, 5) is 2.30. The highest BCUT2D eigenvalue weighted by molar-refractivity contribution is 5.45. The van der Waals surface area contributed by atoms with Crippen LogP contribution >= 0.6 is 0 Å². The fraction of sp³-hybridized carbons (Fsp3) is 0.444. The number of aliphatic hydroxyl groups is 1. The predicted molar refractivity (Wildman–Crippen MR) is 84.4 cm³/mol. The molecule has 1 aromatic heterocycles. The smallest absolute Gasteiger partial charge is 0.231 e. The van der Waals surface area contributed by atoms with E-state index in [0.29, 0.717) is 18.3 Å². The molecular weight excluding hydrogens is 294 g/mol. The van der Waals surface area contributed by atoms with Gasteiger partial charge < -0.3 is 19.0 Å². The van der Waals surface area contributed by atoms with Gasteiger partial charge in [0.05, 0.1) is 12.6 Å². The number of rotatable bonds is 6. The molecule has 23 heavy (non-hydrogen) atoms. The second-order valence-electron chi connectivity index (χ2n) is 6.30. The molecule has 0 radical (unpaired) electrons. The normalized spacial score (nSPS) is 17.7. The minimum atomic E-state index is -0.554. The Morgan fingerprint density at radius 2 is 2.00 bits per heavy atom. The molecule has 5 heteroatoms. The number of aryl methyl sites for hydroxylation is 1. The standard InChI is InChI=1S/C18H21NO4/c1-12-2-6-15(23-12)9-19(14-4-5-14)10-16(20)13-3-7-17-18(8-13)22-11-21-17/h2-3,6-8,14,16,20H,4-5,9-11H2,1H3/t16-/m1/s1. The summed E-state index contributed by atoms with van der Waals surface area (Å²) < 4.78 is 16.4. The van der Waals surface area contributed by atoms with Gasteiger partial charge in [-0.2, -0.15) is 0 Å². The quantitative estimate of drug-likeness (QED) is 0.888. The van der Waals surface area contributed by atoms with Crippen molar-refractivity contribution in [3.8, 4) is 11.5 Å². The van der Waals surface area contributed by atoms with Crippen LogP contribution in [0.1, 0.15) is 36.0 Å². The summed E-state index contributed by atoms with van der Waals surface area (Å²) in [5.74, 6) is 3.33. The van der Waals surface area contributed by atoms with Crippen molar-refractivity contribution < 1.29 is 19.0 Å². The van der Waals surface area contributed by atoms with Gasteiger partial charge in [0, 0.05) is 12.6 Å². The molecule has 1 atom stereocenters. The van der Waals surface area contributed by atoms with Crippen molar-refractivity contribution in [3.05, 3.63) is 47.4 Å². The fourth-order valence-corrected chi connectivity index (χ4v) is 3.00. The van der Waals surface area contributed by atoms with E-state index in [1.54, 1.807) is 0 Å². The monoisotopic (exact) mass is 315 g/mol. The summed E-state index contributed by atoms with van der Waals surface area (Å²) in [6.45, 7) is 3.53. The summed E-state index contributed by atoms with van der Waals surface area (Å²) in [5.41, 5.74) is 0.857. The van der Waals surface area contributed by atoms with E-state index in [9.17, 15) is 5.11 Å². The SMILES string of the molecule is Cc1ccc(CN(C[C@@H](O)c2ccc3c(c2)OCO3)C2CC2)o1. The lowest BCUT2D eigenvalue weighted by Gasteiger charge is -2.24. The third-order valence-corrected chi connectivity index (χ3v) is 4.41. The number of nitrogens with zero attached hydrogens (tertiary/aromatic N) is 1. The first kappa shape index (κ1) is 14.6. The minimum Gasteiger partial charge on any atom is -0.465 e. The van der Waals surface area contributed by atoms with Gasteiger partial charge in [-0.3, -0.25) is 4.90 Å². The maximum absolute atomic E-state index is 10.6. The molecule has 2 aliphatic rings. The molecule has 1 saturated carbocycles. The van der Waals surface area contributed by atoms with Gasteiger partial charge in [0.25, 0.3) is 0 Å². The van der Waals surface area contributed by atoms with E-state index in [4.69, 9.17) is 13.9 Å². The van der Waals surface area contributed by atoms with Crippen LogP contribution in [0.4, 0.5) is 0 Å². The third kappa shape index (κ3) is 3.21. The molecule has 0 bridgehead atoms. The zero-order chi connectivity index (χ0) is 15.8. The molecule has 0 amide bonds. The van der Waals surface area contributed by atoms with Crippen molar-refractivity contribution in [2.75, 3.05) is 13.3 Å². The van der Waals surface area contributed by atoms with Crippen molar-refractivity contribution in [2.45, 2.75) is 38.5 Å². The van der Waals surface area contributed by atoms with Crippen LogP contribution in [0.3, 0.4) is 0 Å². The van der Waals surface area contributed by atoms with Gasteiger partial charge in [-0.1, -0.05) is 6.07 Å². The molecule has 5 nitrogen and oxygen atoms in total. The van der Waals surface area contributed by atoms with E-state index < -0.39 is 6.10 Å². The van der Waals surface area contributed by atoms with Crippen molar-refractivity contribution in [3.63, 3.8) is 0 Å². The molecule has 2 heterocycles. The van der Waals surface area contributed by atoms with Crippen LogP contribution in [0.5, 0.6) is 11.5 Å². The Bertz CT molecular complexity index is 692. The Kier molecular flexibility index (Phi) is 3.75. The third-order valence-electron chi connectivity index (χ3n) is 4.41. The van der Waals surface area contributed by atoms with Gasteiger partial charge in [0.1, 0.15) is 11.5 Å². The van der Waals surface area contributed by atoms with Gasteiger partial charge in [-0.25, -0.2) is 0 Å². The second kappa shape index (κ2) is 5.91. The highest BCUT2D eigenvalue weighted by atomic mass is 16.7. The van der Waals surface area contributed by atoms with E-state index >= 15 is 0 Å². The van der Waals surface area contributed by atoms with Crippen molar-refractivity contribution >= 4 is 0 Å². The second-order valence-corrected chi connectivity index (χ2v) is 6.30. The lowest BCUT2D eigenvalue weighted by Crippen LogP contribution is -2.30. The fourth-order valence-electron chi connectivity index (χ4n) is 3.00. The van der Waals surface area contributed by atoms with E-state index in [2.05, 4.69) is 4.90 Å². The molecule has 1 aliphatic carbocycles. The van der Waals surface area contributed by atoms with Crippen LogP contribution < -0.4 is 9.47 Å². The summed E-state index contributed by atoms with van der Waals surface area (Å²) in [5, 5.41) is 10.6. The highest BCUT2D eigenvalue weighted by Gasteiger charge is 2.31. The van der Waals surface area contributed by atoms with Crippen LogP contribution in [0, 0.1) is 6.92 Å². The summed E-state index contributed by atoms with van der Waals surface area (Å²) in [7, 11) is 0. The molecule has 4 rings (SSSR count). The van der Waals surface area contributed by atoms with E-state index in [1.807, 2.05) is 37.3 Å². The molecule has 1 N–H and O–H groups in total. The summed E-state index contributed by atoms with van der Waals surface area (Å²) in [6, 6.07) is 10.2. The number of fused-ring (bicyclic) bond motifs is 1. The van der Waals surface area contributed by atoms with Crippen molar-refractivity contribution in [1.82, 2.24) is 4.90 Å². The van der Waals surface area contributed by atoms with E-state index in [-0.39, 0.29) is 6.79 Å². The zero-order valence-electron chi connectivity index (χ0n) is 13.2. The molecule has 1 fully saturated rings. The number of aliphatic hydroxyl groups excluding tert-OH is 1. The van der Waals surface area contributed by atoms with Crippen molar-refractivity contribution in [2.24, 2.45) is 0 Å². The first-order valence-electron chi connectivity index (χ1n) is 8.06. The Morgan fingerprint density at radius 1 is 1.17 bits per heavy atom.